The zero-order valence-electron chi connectivity index (χ0n) is 18.7. The normalized spacial score (nSPS) is 11.1. The molecule has 0 aliphatic rings. The fraction of sp³-hybridized carbons (Fsp3) is 0.304. The molecule has 33 heavy (non-hydrogen) atoms. The molecule has 0 fully saturated rings. The summed E-state index contributed by atoms with van der Waals surface area (Å²) in [6.07, 6.45) is 8.43. The Hall–Kier alpha value is -3.53. The summed E-state index contributed by atoms with van der Waals surface area (Å²) < 4.78 is 27.7. The van der Waals surface area contributed by atoms with Crippen molar-refractivity contribution in [3.63, 3.8) is 0 Å². The van der Waals surface area contributed by atoms with Crippen LogP contribution in [0.1, 0.15) is 30.9 Å². The van der Waals surface area contributed by atoms with Crippen LogP contribution in [0, 0.1) is 0 Å². The zero-order chi connectivity index (χ0) is 23.7. The Bertz CT molecular complexity index is 1140. The topological polar surface area (TPSA) is 117 Å². The summed E-state index contributed by atoms with van der Waals surface area (Å²) in [4.78, 5) is 26.1. The minimum absolute atomic E-state index is 0.0408. The van der Waals surface area contributed by atoms with Crippen LogP contribution in [-0.2, 0) is 22.9 Å². The molecule has 0 bridgehead atoms. The Labute approximate surface area is 194 Å². The van der Waals surface area contributed by atoms with Crippen LogP contribution in [-0.4, -0.2) is 43.0 Å². The van der Waals surface area contributed by atoms with E-state index in [1.807, 2.05) is 6.07 Å². The van der Waals surface area contributed by atoms with Crippen LogP contribution in [0.4, 0.5) is 16.6 Å². The number of pyridine rings is 1. The lowest BCUT2D eigenvalue weighted by molar-refractivity contribution is 0.247. The number of sulfonamides is 1. The molecule has 2 heterocycles. The summed E-state index contributed by atoms with van der Waals surface area (Å²) in [6, 6.07) is 11.6. The quantitative estimate of drug-likeness (QED) is 0.471. The number of aryl methyl sites for hydroxylation is 1. The number of unbranched alkanes of at least 4 members (excludes halogenated alkanes) is 1. The van der Waals surface area contributed by atoms with E-state index in [1.165, 1.54) is 17.0 Å². The summed E-state index contributed by atoms with van der Waals surface area (Å²) in [5.41, 5.74) is 1.87. The monoisotopic (exact) mass is 468 g/mol. The molecule has 2 aromatic heterocycles. The van der Waals surface area contributed by atoms with E-state index in [1.54, 1.807) is 49.9 Å². The van der Waals surface area contributed by atoms with Crippen LogP contribution in [0.25, 0.3) is 0 Å². The fourth-order valence-electron chi connectivity index (χ4n) is 3.02. The molecule has 1 aromatic carbocycles. The fourth-order valence-corrected chi connectivity index (χ4v) is 3.98. The first-order valence-electron chi connectivity index (χ1n) is 10.7. The lowest BCUT2D eigenvalue weighted by Gasteiger charge is -2.16. The average molecular weight is 469 g/mol. The number of carbonyl (C=O) groups excluding carboxylic acids is 1. The van der Waals surface area contributed by atoms with Crippen LogP contribution in [0.15, 0.2) is 66.0 Å². The second-order valence-corrected chi connectivity index (χ2v) is 9.18. The molecule has 9 nitrogen and oxygen atoms in total. The van der Waals surface area contributed by atoms with E-state index in [9.17, 15) is 13.2 Å². The molecule has 0 saturated heterocycles. The summed E-state index contributed by atoms with van der Waals surface area (Å²) in [7, 11) is -2.15. The number of nitrogens with zero attached hydrogens (tertiary/aromatic N) is 4. The molecule has 0 saturated carbocycles. The molecular formula is C23H28N6O3S. The van der Waals surface area contributed by atoms with Gasteiger partial charge in [0.1, 0.15) is 5.82 Å². The van der Waals surface area contributed by atoms with Gasteiger partial charge in [-0.25, -0.2) is 32.9 Å². The average Bonchev–Trinajstić information content (AvgIpc) is 2.83. The van der Waals surface area contributed by atoms with Crippen molar-refractivity contribution in [3.05, 3.63) is 72.2 Å². The molecular weight excluding hydrogens is 440 g/mol. The maximum atomic E-state index is 12.6. The molecule has 2 N–H and O–H groups in total. The van der Waals surface area contributed by atoms with E-state index in [-0.39, 0.29) is 16.9 Å². The Morgan fingerprint density at radius 1 is 0.970 bits per heavy atom. The Kier molecular flexibility index (Phi) is 8.31. The number of hydrogen-bond acceptors (Lipinski definition) is 6. The molecule has 0 spiro atoms. The maximum Gasteiger partial charge on any atom is 0.322 e. The molecule has 174 valence electrons. The van der Waals surface area contributed by atoms with Gasteiger partial charge in [0.25, 0.3) is 10.0 Å². The number of rotatable bonds is 10. The zero-order valence-corrected chi connectivity index (χ0v) is 19.5. The second kappa shape index (κ2) is 11.4. The van der Waals surface area contributed by atoms with Gasteiger partial charge in [0, 0.05) is 32.2 Å². The van der Waals surface area contributed by atoms with E-state index in [4.69, 9.17) is 0 Å². The van der Waals surface area contributed by atoms with Gasteiger partial charge in [0.2, 0.25) is 5.95 Å². The third-order valence-electron chi connectivity index (χ3n) is 4.97. The van der Waals surface area contributed by atoms with Crippen LogP contribution in [0.5, 0.6) is 0 Å². The first-order valence-corrected chi connectivity index (χ1v) is 12.2. The summed E-state index contributed by atoms with van der Waals surface area (Å²) >= 11 is 0. The van der Waals surface area contributed by atoms with Crippen molar-refractivity contribution in [2.45, 2.75) is 37.5 Å². The van der Waals surface area contributed by atoms with Gasteiger partial charge < -0.3 is 5.32 Å². The molecule has 0 unspecified atom stereocenters. The number of benzene rings is 1. The van der Waals surface area contributed by atoms with Crippen molar-refractivity contribution in [1.29, 1.82) is 0 Å². The van der Waals surface area contributed by atoms with Crippen molar-refractivity contribution >= 4 is 27.8 Å². The summed E-state index contributed by atoms with van der Waals surface area (Å²) in [6.45, 7) is 2.51. The van der Waals surface area contributed by atoms with Crippen LogP contribution >= 0.6 is 0 Å². The second-order valence-electron chi connectivity index (χ2n) is 7.50. The van der Waals surface area contributed by atoms with Gasteiger partial charge in [-0.05, 0) is 54.7 Å². The number of hydrogen-bond donors (Lipinski definition) is 2. The highest BCUT2D eigenvalue weighted by Crippen LogP contribution is 2.15. The highest BCUT2D eigenvalue weighted by Gasteiger charge is 2.16. The number of anilines is 2. The molecule has 0 atom stereocenters. The van der Waals surface area contributed by atoms with E-state index in [0.29, 0.717) is 18.8 Å². The molecule has 3 aromatic rings. The lowest BCUT2D eigenvalue weighted by atomic mass is 10.1. The van der Waals surface area contributed by atoms with Gasteiger partial charge in [-0.1, -0.05) is 31.5 Å². The molecule has 0 aliphatic heterocycles. The van der Waals surface area contributed by atoms with E-state index >= 15 is 0 Å². The third kappa shape index (κ3) is 6.98. The number of aromatic nitrogens is 3. The first-order chi connectivity index (χ1) is 15.9. The third-order valence-corrected chi connectivity index (χ3v) is 6.32. The van der Waals surface area contributed by atoms with Crippen molar-refractivity contribution in [2.24, 2.45) is 0 Å². The minimum Gasteiger partial charge on any atom is -0.337 e. The van der Waals surface area contributed by atoms with Crippen LogP contribution in [0.3, 0.4) is 0 Å². The van der Waals surface area contributed by atoms with Gasteiger partial charge >= 0.3 is 6.03 Å². The number of urea groups is 1. The van der Waals surface area contributed by atoms with E-state index < -0.39 is 10.0 Å². The maximum absolute atomic E-state index is 12.6. The molecule has 3 rings (SSSR count). The van der Waals surface area contributed by atoms with Crippen molar-refractivity contribution in [1.82, 2.24) is 20.3 Å². The predicted octanol–water partition coefficient (Wildman–Crippen LogP) is 3.40. The van der Waals surface area contributed by atoms with E-state index in [2.05, 4.69) is 31.9 Å². The van der Waals surface area contributed by atoms with Gasteiger partial charge in [-0.3, -0.25) is 4.90 Å². The Morgan fingerprint density at radius 2 is 1.70 bits per heavy atom. The highest BCUT2D eigenvalue weighted by atomic mass is 32.2. The molecule has 0 radical (unpaired) electrons. The van der Waals surface area contributed by atoms with Crippen molar-refractivity contribution < 1.29 is 13.2 Å². The molecule has 10 heteroatoms. The minimum atomic E-state index is -3.79. The van der Waals surface area contributed by atoms with Crippen LogP contribution < -0.4 is 14.9 Å². The standard InChI is InChI=1S/C23H28N6O3S/c1-3-4-7-19-16-26-22(27-17-19)28-33(31,32)20-11-9-18(10-12-20)13-15-25-23(30)29(2)21-8-5-6-14-24-21/h5-6,8-12,14,16-17H,3-4,7,13,15H2,1-2H3,(H,25,30)(H,26,27,28). The van der Waals surface area contributed by atoms with Gasteiger partial charge in [-0.15, -0.1) is 0 Å². The van der Waals surface area contributed by atoms with Gasteiger partial charge in [0.15, 0.2) is 0 Å². The van der Waals surface area contributed by atoms with Gasteiger partial charge in [0.05, 0.1) is 4.90 Å². The van der Waals surface area contributed by atoms with Crippen molar-refractivity contribution in [2.75, 3.05) is 23.2 Å². The van der Waals surface area contributed by atoms with E-state index in [0.717, 1.165) is 30.4 Å². The number of carbonyl (C=O) groups is 1. The first kappa shape index (κ1) is 24.1. The predicted molar refractivity (Wildman–Crippen MR) is 128 cm³/mol. The largest absolute Gasteiger partial charge is 0.337 e. The number of amides is 2. The smallest absolute Gasteiger partial charge is 0.322 e. The summed E-state index contributed by atoms with van der Waals surface area (Å²) in [5, 5.41) is 2.82. The SMILES string of the molecule is CCCCc1cnc(NS(=O)(=O)c2ccc(CCNC(=O)N(C)c3ccccn3)cc2)nc1. The summed E-state index contributed by atoms with van der Waals surface area (Å²) in [5.74, 6) is 0.593. The Morgan fingerprint density at radius 3 is 2.33 bits per heavy atom. The number of nitrogens with one attached hydrogen (secondary N) is 2. The Balaban J connectivity index is 1.52. The highest BCUT2D eigenvalue weighted by molar-refractivity contribution is 7.92. The van der Waals surface area contributed by atoms with Crippen LogP contribution in [0.2, 0.25) is 0 Å². The molecule has 0 aliphatic carbocycles. The van der Waals surface area contributed by atoms with Gasteiger partial charge in [-0.2, -0.15) is 0 Å². The van der Waals surface area contributed by atoms with Crippen molar-refractivity contribution in [3.8, 4) is 0 Å². The lowest BCUT2D eigenvalue weighted by Crippen LogP contribution is -2.38. The molecule has 2 amide bonds.